The summed E-state index contributed by atoms with van der Waals surface area (Å²) in [5.41, 5.74) is 4.13. The van der Waals surface area contributed by atoms with Crippen molar-refractivity contribution in [3.05, 3.63) is 90.0 Å². The van der Waals surface area contributed by atoms with E-state index < -0.39 is 11.8 Å². The molecule has 0 aliphatic heterocycles. The summed E-state index contributed by atoms with van der Waals surface area (Å²) >= 11 is 0. The molecule has 9 nitrogen and oxygen atoms in total. The molecule has 3 aromatic carbocycles. The fraction of sp³-hybridized carbons (Fsp3) is 0.120. The molecule has 0 fully saturated rings. The Bertz CT molecular complexity index is 1160. The third-order valence-electron chi connectivity index (χ3n) is 4.50. The van der Waals surface area contributed by atoms with E-state index in [1.54, 1.807) is 48.5 Å². The van der Waals surface area contributed by atoms with Crippen molar-refractivity contribution in [2.75, 3.05) is 19.0 Å². The van der Waals surface area contributed by atoms with Crippen molar-refractivity contribution in [2.45, 2.75) is 6.54 Å². The van der Waals surface area contributed by atoms with E-state index in [0.29, 0.717) is 29.3 Å². The van der Waals surface area contributed by atoms with Crippen LogP contribution in [0.1, 0.15) is 11.1 Å². The van der Waals surface area contributed by atoms with E-state index in [4.69, 9.17) is 9.47 Å². The second kappa shape index (κ2) is 12.4. The van der Waals surface area contributed by atoms with E-state index in [9.17, 15) is 14.4 Å². The Kier molecular flexibility index (Phi) is 8.75. The molecule has 0 radical (unpaired) electrons. The number of benzene rings is 3. The van der Waals surface area contributed by atoms with Crippen molar-refractivity contribution < 1.29 is 23.9 Å². The molecule has 0 unspecified atom stereocenters. The van der Waals surface area contributed by atoms with Crippen molar-refractivity contribution in [1.82, 2.24) is 10.7 Å². The summed E-state index contributed by atoms with van der Waals surface area (Å²) in [5.74, 6) is -1.20. The van der Waals surface area contributed by atoms with Gasteiger partial charge in [0.25, 0.3) is 5.91 Å². The van der Waals surface area contributed by atoms with Crippen LogP contribution in [0.3, 0.4) is 0 Å². The number of nitrogens with one attached hydrogen (secondary N) is 3. The lowest BCUT2D eigenvalue weighted by atomic mass is 10.2. The van der Waals surface area contributed by atoms with Gasteiger partial charge >= 0.3 is 11.8 Å². The minimum atomic E-state index is -0.940. The highest BCUT2D eigenvalue weighted by Gasteiger charge is 2.14. The first-order valence-electron chi connectivity index (χ1n) is 10.4. The summed E-state index contributed by atoms with van der Waals surface area (Å²) in [6, 6.07) is 23.1. The van der Waals surface area contributed by atoms with Crippen LogP contribution in [0.2, 0.25) is 0 Å². The average molecular weight is 460 g/mol. The van der Waals surface area contributed by atoms with Gasteiger partial charge in [-0.05, 0) is 35.4 Å². The molecule has 0 atom stereocenters. The molecule has 0 aromatic heterocycles. The summed E-state index contributed by atoms with van der Waals surface area (Å²) in [6.07, 6.45) is 1.36. The fourth-order valence-corrected chi connectivity index (χ4v) is 2.82. The molecule has 0 aliphatic carbocycles. The maximum absolute atomic E-state index is 12.1. The van der Waals surface area contributed by atoms with Gasteiger partial charge in [0.05, 0.1) is 19.0 Å². The third kappa shape index (κ3) is 7.49. The molecule has 0 saturated heterocycles. The largest absolute Gasteiger partial charge is 0.495 e. The van der Waals surface area contributed by atoms with Gasteiger partial charge in [0, 0.05) is 6.54 Å². The van der Waals surface area contributed by atoms with Crippen molar-refractivity contribution >= 4 is 29.6 Å². The van der Waals surface area contributed by atoms with Gasteiger partial charge < -0.3 is 20.1 Å². The number of rotatable bonds is 9. The van der Waals surface area contributed by atoms with E-state index in [1.807, 2.05) is 30.3 Å². The number of hydrogen-bond donors (Lipinski definition) is 3. The Labute approximate surface area is 196 Å². The van der Waals surface area contributed by atoms with Crippen molar-refractivity contribution in [1.29, 1.82) is 0 Å². The second-order valence-electron chi connectivity index (χ2n) is 6.98. The Morgan fingerprint density at radius 2 is 1.68 bits per heavy atom. The van der Waals surface area contributed by atoms with Crippen molar-refractivity contribution in [3.8, 4) is 11.5 Å². The smallest absolute Gasteiger partial charge is 0.329 e. The summed E-state index contributed by atoms with van der Waals surface area (Å²) in [5, 5.41) is 9.04. The molecule has 0 bridgehead atoms. The normalized spacial score (nSPS) is 10.4. The molecular formula is C25H24N4O5. The van der Waals surface area contributed by atoms with Crippen LogP contribution in [-0.4, -0.2) is 37.7 Å². The van der Waals surface area contributed by atoms with Gasteiger partial charge in [-0.1, -0.05) is 54.6 Å². The number of hydrazone groups is 1. The molecule has 3 rings (SSSR count). The van der Waals surface area contributed by atoms with Crippen LogP contribution in [0.15, 0.2) is 84.0 Å². The third-order valence-corrected chi connectivity index (χ3v) is 4.50. The minimum Gasteiger partial charge on any atom is -0.495 e. The highest BCUT2D eigenvalue weighted by atomic mass is 16.5. The van der Waals surface area contributed by atoms with Gasteiger partial charge in [0.1, 0.15) is 11.5 Å². The summed E-state index contributed by atoms with van der Waals surface area (Å²) in [6.45, 7) is 0.271. The predicted molar refractivity (Wildman–Crippen MR) is 128 cm³/mol. The number of methoxy groups -OCH3 is 1. The monoisotopic (exact) mass is 460 g/mol. The van der Waals surface area contributed by atoms with Gasteiger partial charge in [0.15, 0.2) is 6.61 Å². The molecular weight excluding hydrogens is 436 g/mol. The first-order valence-corrected chi connectivity index (χ1v) is 10.4. The van der Waals surface area contributed by atoms with Crippen LogP contribution >= 0.6 is 0 Å². The Morgan fingerprint density at radius 3 is 2.47 bits per heavy atom. The van der Waals surface area contributed by atoms with E-state index in [0.717, 1.165) is 5.56 Å². The summed E-state index contributed by atoms with van der Waals surface area (Å²) < 4.78 is 10.6. The van der Waals surface area contributed by atoms with Gasteiger partial charge in [0.2, 0.25) is 0 Å². The summed E-state index contributed by atoms with van der Waals surface area (Å²) in [7, 11) is 1.46. The number of nitrogens with zero attached hydrogens (tertiary/aromatic N) is 1. The van der Waals surface area contributed by atoms with E-state index >= 15 is 0 Å². The first kappa shape index (κ1) is 24.0. The number of amides is 3. The highest BCUT2D eigenvalue weighted by molar-refractivity contribution is 6.39. The van der Waals surface area contributed by atoms with Gasteiger partial charge in [-0.25, -0.2) is 5.43 Å². The van der Waals surface area contributed by atoms with Crippen molar-refractivity contribution in [2.24, 2.45) is 5.10 Å². The molecule has 174 valence electrons. The first-order chi connectivity index (χ1) is 16.5. The zero-order chi connectivity index (χ0) is 24.2. The quantitative estimate of drug-likeness (QED) is 0.258. The lowest BCUT2D eigenvalue weighted by Gasteiger charge is -2.09. The molecule has 0 spiro atoms. The molecule has 0 aliphatic rings. The Morgan fingerprint density at radius 1 is 0.912 bits per heavy atom. The molecule has 34 heavy (non-hydrogen) atoms. The van der Waals surface area contributed by atoms with Crippen LogP contribution in [-0.2, 0) is 20.9 Å². The zero-order valence-corrected chi connectivity index (χ0v) is 18.5. The molecule has 9 heteroatoms. The Hall–Kier alpha value is -4.66. The van der Waals surface area contributed by atoms with Gasteiger partial charge in [-0.3, -0.25) is 14.4 Å². The number of carbonyl (C=O) groups excluding carboxylic acids is 3. The number of hydrogen-bond acceptors (Lipinski definition) is 6. The lowest BCUT2D eigenvalue weighted by Crippen LogP contribution is -2.32. The SMILES string of the molecule is COc1ccccc1NC(=O)C(=O)N/N=C\c1cccc(OCC(=O)NCc2ccccc2)c1. The Balaban J connectivity index is 1.45. The van der Waals surface area contributed by atoms with Gasteiger partial charge in [-0.2, -0.15) is 5.10 Å². The standard InChI is InChI=1S/C25H24N4O5/c1-33-22-13-6-5-12-21(22)28-24(31)25(32)29-27-16-19-10-7-11-20(14-19)34-17-23(30)26-15-18-8-3-2-4-9-18/h2-14,16H,15,17H2,1H3,(H,26,30)(H,28,31)(H,29,32)/b27-16-. The van der Waals surface area contributed by atoms with Crippen molar-refractivity contribution in [3.63, 3.8) is 0 Å². The molecule has 0 saturated carbocycles. The minimum absolute atomic E-state index is 0.146. The van der Waals surface area contributed by atoms with Crippen LogP contribution in [0.25, 0.3) is 0 Å². The molecule has 3 N–H and O–H groups in total. The van der Waals surface area contributed by atoms with E-state index in [2.05, 4.69) is 21.2 Å². The zero-order valence-electron chi connectivity index (χ0n) is 18.5. The van der Waals surface area contributed by atoms with Crippen LogP contribution in [0, 0.1) is 0 Å². The summed E-state index contributed by atoms with van der Waals surface area (Å²) in [4.78, 5) is 36.1. The maximum Gasteiger partial charge on any atom is 0.329 e. The number of carbonyl (C=O) groups is 3. The van der Waals surface area contributed by atoms with Crippen LogP contribution in [0.4, 0.5) is 5.69 Å². The predicted octanol–water partition coefficient (Wildman–Crippen LogP) is 2.48. The average Bonchev–Trinajstić information content (AvgIpc) is 2.87. The maximum atomic E-state index is 12.1. The second-order valence-corrected chi connectivity index (χ2v) is 6.98. The highest BCUT2D eigenvalue weighted by Crippen LogP contribution is 2.22. The number of anilines is 1. The topological polar surface area (TPSA) is 118 Å². The van der Waals surface area contributed by atoms with Crippen LogP contribution < -0.4 is 25.5 Å². The lowest BCUT2D eigenvalue weighted by molar-refractivity contribution is -0.136. The number of para-hydroxylation sites is 2. The fourth-order valence-electron chi connectivity index (χ4n) is 2.82. The molecule has 3 aromatic rings. The molecule has 0 heterocycles. The van der Waals surface area contributed by atoms with E-state index in [-0.39, 0.29) is 12.5 Å². The number of ether oxygens (including phenoxy) is 2. The van der Waals surface area contributed by atoms with E-state index in [1.165, 1.54) is 13.3 Å². The van der Waals surface area contributed by atoms with Gasteiger partial charge in [-0.15, -0.1) is 0 Å². The van der Waals surface area contributed by atoms with Crippen LogP contribution in [0.5, 0.6) is 11.5 Å². The molecule has 3 amide bonds.